The van der Waals surface area contributed by atoms with Gasteiger partial charge in [-0.2, -0.15) is 13.2 Å². The highest BCUT2D eigenvalue weighted by Crippen LogP contribution is 2.30. The van der Waals surface area contributed by atoms with E-state index < -0.39 is 36.0 Å². The maximum atomic E-state index is 12.5. The first-order valence-corrected chi connectivity index (χ1v) is 7.32. The zero-order valence-corrected chi connectivity index (χ0v) is 12.9. The van der Waals surface area contributed by atoms with E-state index in [1.807, 2.05) is 0 Å². The molecule has 1 aromatic carbocycles. The highest BCUT2D eigenvalue weighted by molar-refractivity contribution is 5.89. The summed E-state index contributed by atoms with van der Waals surface area (Å²) < 4.78 is 42.4. The SMILES string of the molecule is COCC1CC(NC(=O)Nc2ccc(C(F)(F)F)cc2)C(O)C1O. The van der Waals surface area contributed by atoms with Gasteiger partial charge in [-0.25, -0.2) is 4.79 Å². The molecule has 1 aromatic rings. The van der Waals surface area contributed by atoms with Gasteiger partial charge in [-0.05, 0) is 30.7 Å². The average molecular weight is 348 g/mol. The highest BCUT2D eigenvalue weighted by Gasteiger charge is 2.42. The van der Waals surface area contributed by atoms with Crippen molar-refractivity contribution in [2.45, 2.75) is 30.8 Å². The Bertz CT molecular complexity index is 565. The highest BCUT2D eigenvalue weighted by atomic mass is 19.4. The first kappa shape index (κ1) is 18.5. The number of alkyl halides is 3. The molecule has 4 unspecified atom stereocenters. The van der Waals surface area contributed by atoms with Crippen LogP contribution in [0.4, 0.5) is 23.7 Å². The van der Waals surface area contributed by atoms with Crippen molar-refractivity contribution in [3.63, 3.8) is 0 Å². The molecule has 1 aliphatic carbocycles. The fraction of sp³-hybridized carbons (Fsp3) is 0.533. The molecule has 134 valence electrons. The van der Waals surface area contributed by atoms with Gasteiger partial charge in [-0.15, -0.1) is 0 Å². The van der Waals surface area contributed by atoms with Crippen LogP contribution in [0.15, 0.2) is 24.3 Å². The van der Waals surface area contributed by atoms with E-state index in [2.05, 4.69) is 10.6 Å². The molecule has 1 aliphatic rings. The van der Waals surface area contributed by atoms with Gasteiger partial charge in [0, 0.05) is 18.7 Å². The Kier molecular flexibility index (Phi) is 5.68. The van der Waals surface area contributed by atoms with Crippen molar-refractivity contribution in [3.05, 3.63) is 29.8 Å². The number of methoxy groups -OCH3 is 1. The first-order valence-electron chi connectivity index (χ1n) is 7.32. The van der Waals surface area contributed by atoms with Crippen LogP contribution < -0.4 is 10.6 Å². The third kappa shape index (κ3) is 4.37. The molecule has 2 rings (SSSR count). The maximum absolute atomic E-state index is 12.5. The second-order valence-electron chi connectivity index (χ2n) is 5.71. The van der Waals surface area contributed by atoms with Crippen molar-refractivity contribution in [2.75, 3.05) is 19.0 Å². The van der Waals surface area contributed by atoms with Gasteiger partial charge in [0.1, 0.15) is 6.10 Å². The second kappa shape index (κ2) is 7.37. The molecule has 0 heterocycles. The number of benzene rings is 1. The number of nitrogens with one attached hydrogen (secondary N) is 2. The van der Waals surface area contributed by atoms with Crippen molar-refractivity contribution in [3.8, 4) is 0 Å². The predicted molar refractivity (Wildman–Crippen MR) is 79.4 cm³/mol. The third-order valence-corrected chi connectivity index (χ3v) is 3.97. The standard InChI is InChI=1S/C15H19F3N2O4/c1-24-7-8-6-11(13(22)12(8)21)20-14(23)19-10-4-2-9(3-5-10)15(16,17)18/h2-5,8,11-13,21-22H,6-7H2,1H3,(H2,19,20,23). The maximum Gasteiger partial charge on any atom is 0.416 e. The molecule has 0 saturated heterocycles. The molecule has 24 heavy (non-hydrogen) atoms. The van der Waals surface area contributed by atoms with Crippen molar-refractivity contribution >= 4 is 11.7 Å². The van der Waals surface area contributed by atoms with E-state index in [4.69, 9.17) is 4.74 Å². The number of anilines is 1. The lowest BCUT2D eigenvalue weighted by atomic mass is 10.1. The van der Waals surface area contributed by atoms with Crippen LogP contribution in [-0.2, 0) is 10.9 Å². The number of carbonyl (C=O) groups excluding carboxylic acids is 1. The first-order chi connectivity index (χ1) is 11.2. The lowest BCUT2D eigenvalue weighted by Crippen LogP contribution is -2.44. The van der Waals surface area contributed by atoms with E-state index in [1.54, 1.807) is 0 Å². The summed E-state index contributed by atoms with van der Waals surface area (Å²) in [6, 6.07) is 2.64. The molecule has 2 amide bonds. The minimum Gasteiger partial charge on any atom is -0.390 e. The third-order valence-electron chi connectivity index (χ3n) is 3.97. The smallest absolute Gasteiger partial charge is 0.390 e. The second-order valence-corrected chi connectivity index (χ2v) is 5.71. The summed E-state index contributed by atoms with van der Waals surface area (Å²) in [7, 11) is 1.47. The molecule has 1 fully saturated rings. The number of urea groups is 1. The number of aliphatic hydroxyl groups is 2. The van der Waals surface area contributed by atoms with Gasteiger partial charge in [0.25, 0.3) is 0 Å². The van der Waals surface area contributed by atoms with Crippen LogP contribution in [0.3, 0.4) is 0 Å². The van der Waals surface area contributed by atoms with E-state index >= 15 is 0 Å². The number of ether oxygens (including phenoxy) is 1. The molecule has 6 nitrogen and oxygen atoms in total. The summed E-state index contributed by atoms with van der Waals surface area (Å²) in [6.07, 6.45) is -6.26. The van der Waals surface area contributed by atoms with Crippen molar-refractivity contribution in [2.24, 2.45) is 5.92 Å². The van der Waals surface area contributed by atoms with Crippen molar-refractivity contribution in [1.29, 1.82) is 0 Å². The quantitative estimate of drug-likeness (QED) is 0.665. The number of hydrogen-bond acceptors (Lipinski definition) is 4. The van der Waals surface area contributed by atoms with Crippen LogP contribution in [-0.4, -0.2) is 48.2 Å². The molecular formula is C15H19F3N2O4. The monoisotopic (exact) mass is 348 g/mol. The predicted octanol–water partition coefficient (Wildman–Crippen LogP) is 1.58. The summed E-state index contributed by atoms with van der Waals surface area (Å²) in [5, 5.41) is 24.7. The molecule has 1 saturated carbocycles. The van der Waals surface area contributed by atoms with Crippen LogP contribution in [0.5, 0.6) is 0 Å². The fourth-order valence-electron chi connectivity index (χ4n) is 2.73. The van der Waals surface area contributed by atoms with Crippen LogP contribution in [0.1, 0.15) is 12.0 Å². The number of rotatable bonds is 4. The normalized spacial score (nSPS) is 27.1. The van der Waals surface area contributed by atoms with E-state index in [1.165, 1.54) is 7.11 Å². The number of halogens is 3. The van der Waals surface area contributed by atoms with Gasteiger partial charge in [-0.1, -0.05) is 0 Å². The molecule has 0 spiro atoms. The van der Waals surface area contributed by atoms with Crippen molar-refractivity contribution < 1.29 is 32.9 Å². The Hall–Kier alpha value is -1.84. The van der Waals surface area contributed by atoms with Gasteiger partial charge in [0.15, 0.2) is 0 Å². The molecule has 4 N–H and O–H groups in total. The van der Waals surface area contributed by atoms with Crippen molar-refractivity contribution in [1.82, 2.24) is 5.32 Å². The summed E-state index contributed by atoms with van der Waals surface area (Å²) in [6.45, 7) is 0.247. The topological polar surface area (TPSA) is 90.8 Å². The molecule has 0 aromatic heterocycles. The van der Waals surface area contributed by atoms with E-state index in [0.717, 1.165) is 24.3 Å². The molecule has 0 aliphatic heterocycles. The minimum atomic E-state index is -4.44. The Morgan fingerprint density at radius 3 is 2.42 bits per heavy atom. The zero-order chi connectivity index (χ0) is 17.9. The number of carbonyl (C=O) groups is 1. The summed E-state index contributed by atoms with van der Waals surface area (Å²) in [5.74, 6) is -0.304. The van der Waals surface area contributed by atoms with Gasteiger partial charge in [0.05, 0.1) is 24.3 Å². The molecule has 0 bridgehead atoms. The van der Waals surface area contributed by atoms with Gasteiger partial charge >= 0.3 is 12.2 Å². The number of amides is 2. The van der Waals surface area contributed by atoms with Gasteiger partial charge in [0.2, 0.25) is 0 Å². The summed E-state index contributed by atoms with van der Waals surface area (Å²) >= 11 is 0. The average Bonchev–Trinajstić information content (AvgIpc) is 2.75. The molecular weight excluding hydrogens is 329 g/mol. The van der Waals surface area contributed by atoms with Crippen LogP contribution in [0.2, 0.25) is 0 Å². The molecule has 0 radical (unpaired) electrons. The lowest BCUT2D eigenvalue weighted by molar-refractivity contribution is -0.137. The van der Waals surface area contributed by atoms with Crippen LogP contribution in [0, 0.1) is 5.92 Å². The number of hydrogen-bond donors (Lipinski definition) is 4. The Morgan fingerprint density at radius 2 is 1.88 bits per heavy atom. The summed E-state index contributed by atoms with van der Waals surface area (Å²) in [4.78, 5) is 11.9. The van der Waals surface area contributed by atoms with E-state index in [0.29, 0.717) is 6.42 Å². The largest absolute Gasteiger partial charge is 0.416 e. The van der Waals surface area contributed by atoms with Gasteiger partial charge in [-0.3, -0.25) is 0 Å². The van der Waals surface area contributed by atoms with E-state index in [-0.39, 0.29) is 18.2 Å². The van der Waals surface area contributed by atoms with Crippen LogP contribution >= 0.6 is 0 Å². The lowest BCUT2D eigenvalue weighted by Gasteiger charge is -2.18. The zero-order valence-electron chi connectivity index (χ0n) is 12.9. The Balaban J connectivity index is 1.91. The Morgan fingerprint density at radius 1 is 1.25 bits per heavy atom. The number of aliphatic hydroxyl groups excluding tert-OH is 2. The fourth-order valence-corrected chi connectivity index (χ4v) is 2.73. The van der Waals surface area contributed by atoms with E-state index in [9.17, 15) is 28.2 Å². The van der Waals surface area contributed by atoms with Gasteiger partial charge < -0.3 is 25.6 Å². The Labute approximate surface area is 136 Å². The molecule has 4 atom stereocenters. The summed E-state index contributed by atoms with van der Waals surface area (Å²) in [5.41, 5.74) is -0.632. The molecule has 9 heteroatoms. The van der Waals surface area contributed by atoms with Crippen LogP contribution in [0.25, 0.3) is 0 Å². The minimum absolute atomic E-state index is 0.182.